The summed E-state index contributed by atoms with van der Waals surface area (Å²) in [6.45, 7) is 23.7. The SMILES string of the molecule is CC(C)(C)c1cc(N2CN(c3cccc(Oc4ccc5c6cc(C(C)(C)C)ccc6n(-c6cc(C(C)(c7ccccc7)c7ccccc7)ccn6)c5c4)c3)c3ccccc32)cc(C(C)(C)C)c1. The van der Waals surface area contributed by atoms with Gasteiger partial charge in [-0.3, -0.25) is 4.57 Å². The van der Waals surface area contributed by atoms with Gasteiger partial charge in [0.15, 0.2) is 0 Å². The molecule has 10 rings (SSSR count). The molecule has 0 amide bonds. The molecule has 0 atom stereocenters. The molecule has 1 aliphatic rings. The van der Waals surface area contributed by atoms with E-state index in [1.165, 1.54) is 55.8 Å². The number of anilines is 4. The number of hydrogen-bond acceptors (Lipinski definition) is 4. The Kier molecular flexibility index (Phi) is 10.7. The highest BCUT2D eigenvalue weighted by Crippen LogP contribution is 2.47. The van der Waals surface area contributed by atoms with E-state index in [1.54, 1.807) is 0 Å². The fourth-order valence-corrected chi connectivity index (χ4v) is 9.81. The van der Waals surface area contributed by atoms with Gasteiger partial charge in [-0.05, 0) is 129 Å². The molecule has 7 aromatic carbocycles. The Labute approximate surface area is 397 Å². The van der Waals surface area contributed by atoms with Crippen LogP contribution in [0.5, 0.6) is 11.5 Å². The van der Waals surface area contributed by atoms with Crippen molar-refractivity contribution < 1.29 is 4.74 Å². The molecule has 0 fully saturated rings. The van der Waals surface area contributed by atoms with Crippen LogP contribution in [0.4, 0.5) is 22.7 Å². The molecule has 3 heterocycles. The van der Waals surface area contributed by atoms with Gasteiger partial charge in [0.05, 0.1) is 22.4 Å². The topological polar surface area (TPSA) is 33.5 Å². The lowest BCUT2D eigenvalue weighted by Gasteiger charge is -2.32. The monoisotopic (exact) mass is 878 g/mol. The molecule has 67 heavy (non-hydrogen) atoms. The van der Waals surface area contributed by atoms with Crippen LogP contribution in [0.15, 0.2) is 182 Å². The second kappa shape index (κ2) is 16.3. The van der Waals surface area contributed by atoms with E-state index in [9.17, 15) is 0 Å². The zero-order valence-corrected chi connectivity index (χ0v) is 40.7. The van der Waals surface area contributed by atoms with Crippen LogP contribution in [-0.4, -0.2) is 16.2 Å². The third kappa shape index (κ3) is 8.05. The number of aromatic nitrogens is 2. The summed E-state index contributed by atoms with van der Waals surface area (Å²) in [5.74, 6) is 2.39. The first kappa shape index (κ1) is 43.8. The molecular weight excluding hydrogens is 817 g/mol. The first-order valence-electron chi connectivity index (χ1n) is 23.7. The minimum absolute atomic E-state index is 0.0131. The summed E-state index contributed by atoms with van der Waals surface area (Å²) in [6, 6.07) is 63.8. The van der Waals surface area contributed by atoms with E-state index < -0.39 is 5.41 Å². The van der Waals surface area contributed by atoms with Gasteiger partial charge in [0.2, 0.25) is 0 Å². The van der Waals surface area contributed by atoms with E-state index in [1.807, 2.05) is 6.20 Å². The van der Waals surface area contributed by atoms with Gasteiger partial charge in [-0.15, -0.1) is 0 Å². The second-order valence-corrected chi connectivity index (χ2v) is 21.6. The maximum absolute atomic E-state index is 6.88. The van der Waals surface area contributed by atoms with Crippen LogP contribution in [0.2, 0.25) is 0 Å². The van der Waals surface area contributed by atoms with Gasteiger partial charge in [-0.25, -0.2) is 4.98 Å². The number of hydrogen-bond donors (Lipinski definition) is 0. The van der Waals surface area contributed by atoms with Crippen LogP contribution in [0.1, 0.15) is 103 Å². The zero-order valence-electron chi connectivity index (χ0n) is 40.7. The molecule has 0 aliphatic carbocycles. The minimum atomic E-state index is -0.420. The molecule has 1 aliphatic heterocycles. The van der Waals surface area contributed by atoms with E-state index in [0.717, 1.165) is 39.4 Å². The average molecular weight is 879 g/mol. The number of ether oxygens (including phenoxy) is 1. The van der Waals surface area contributed by atoms with Crippen molar-refractivity contribution in [2.45, 2.75) is 90.9 Å². The summed E-state index contributed by atoms with van der Waals surface area (Å²) in [6.07, 6.45) is 1.96. The molecule has 5 nitrogen and oxygen atoms in total. The molecule has 0 unspecified atom stereocenters. The summed E-state index contributed by atoms with van der Waals surface area (Å²) in [5.41, 5.74) is 14.0. The molecule has 5 heteroatoms. The molecule has 0 radical (unpaired) electrons. The van der Waals surface area contributed by atoms with Gasteiger partial charge in [-0.1, -0.05) is 153 Å². The molecule has 0 bridgehead atoms. The lowest BCUT2D eigenvalue weighted by atomic mass is 9.71. The van der Waals surface area contributed by atoms with Gasteiger partial charge in [0.1, 0.15) is 24.0 Å². The zero-order chi connectivity index (χ0) is 46.9. The van der Waals surface area contributed by atoms with Crippen LogP contribution in [-0.2, 0) is 21.7 Å². The number of nitrogens with zero attached hydrogens (tertiary/aromatic N) is 4. The van der Waals surface area contributed by atoms with Crippen LogP contribution in [0, 0.1) is 0 Å². The third-order valence-electron chi connectivity index (χ3n) is 13.9. The Morgan fingerprint density at radius 2 is 0.985 bits per heavy atom. The van der Waals surface area contributed by atoms with Gasteiger partial charge in [-0.2, -0.15) is 0 Å². The van der Waals surface area contributed by atoms with Gasteiger partial charge in [0.25, 0.3) is 0 Å². The highest BCUT2D eigenvalue weighted by molar-refractivity contribution is 6.10. The number of para-hydroxylation sites is 2. The van der Waals surface area contributed by atoms with E-state index in [-0.39, 0.29) is 16.2 Å². The van der Waals surface area contributed by atoms with Crippen molar-refractivity contribution in [2.24, 2.45) is 0 Å². The molecule has 0 N–H and O–H groups in total. The molecular formula is C62H62N4O. The highest BCUT2D eigenvalue weighted by atomic mass is 16.5. The van der Waals surface area contributed by atoms with Crippen LogP contribution >= 0.6 is 0 Å². The highest BCUT2D eigenvalue weighted by Gasteiger charge is 2.33. The van der Waals surface area contributed by atoms with Crippen molar-refractivity contribution in [1.29, 1.82) is 0 Å². The number of rotatable bonds is 8. The van der Waals surface area contributed by atoms with Crippen molar-refractivity contribution >= 4 is 44.6 Å². The fraction of sp³-hybridized carbons (Fsp3) is 0.242. The molecule has 9 aromatic rings. The Bertz CT molecular complexity index is 3200. The summed E-state index contributed by atoms with van der Waals surface area (Å²) < 4.78 is 9.19. The summed E-state index contributed by atoms with van der Waals surface area (Å²) >= 11 is 0. The third-order valence-corrected chi connectivity index (χ3v) is 13.9. The molecule has 336 valence electrons. The lowest BCUT2D eigenvalue weighted by molar-refractivity contribution is 0.483. The first-order valence-corrected chi connectivity index (χ1v) is 23.7. The predicted octanol–water partition coefficient (Wildman–Crippen LogP) is 16.5. The Hall–Kier alpha value is -7.11. The summed E-state index contributed by atoms with van der Waals surface area (Å²) in [5, 5.41) is 2.35. The summed E-state index contributed by atoms with van der Waals surface area (Å²) in [4.78, 5) is 9.97. The maximum atomic E-state index is 6.88. The van der Waals surface area contributed by atoms with Crippen molar-refractivity contribution in [3.63, 3.8) is 0 Å². The van der Waals surface area contributed by atoms with Gasteiger partial charge in [0, 0.05) is 45.9 Å². The number of benzene rings is 7. The Morgan fingerprint density at radius 1 is 0.403 bits per heavy atom. The van der Waals surface area contributed by atoms with E-state index in [2.05, 4.69) is 260 Å². The van der Waals surface area contributed by atoms with Gasteiger partial charge < -0.3 is 14.5 Å². The van der Waals surface area contributed by atoms with Crippen LogP contribution < -0.4 is 14.5 Å². The largest absolute Gasteiger partial charge is 0.457 e. The average Bonchev–Trinajstić information content (AvgIpc) is 3.87. The first-order chi connectivity index (χ1) is 32.0. The number of fused-ring (bicyclic) bond motifs is 4. The molecule has 2 aromatic heterocycles. The Balaban J connectivity index is 1.05. The van der Waals surface area contributed by atoms with E-state index in [0.29, 0.717) is 6.67 Å². The fourth-order valence-electron chi connectivity index (χ4n) is 9.81. The van der Waals surface area contributed by atoms with Crippen LogP contribution in [0.25, 0.3) is 27.6 Å². The minimum Gasteiger partial charge on any atom is -0.457 e. The summed E-state index contributed by atoms with van der Waals surface area (Å²) in [7, 11) is 0. The van der Waals surface area contributed by atoms with Crippen molar-refractivity contribution in [2.75, 3.05) is 16.5 Å². The van der Waals surface area contributed by atoms with E-state index in [4.69, 9.17) is 9.72 Å². The standard InChI is InChI=1S/C62H62N4O/c1-59(2,3)44-28-31-54-53(37-44)52-30-29-51(40-57(52)66(54)58-38-45(32-33-63-58)62(10,42-20-13-11-14-21-42)43-22-15-12-16-23-43)67-50-25-19-24-48(39-50)64-41-65(56-27-18-17-26-55(56)64)49-35-46(60(4,5)6)34-47(36-49)61(7,8)9/h11-40H,41H2,1-10H3. The maximum Gasteiger partial charge on any atom is 0.137 e. The molecule has 0 saturated carbocycles. The number of pyridine rings is 1. The van der Waals surface area contributed by atoms with Crippen molar-refractivity contribution in [1.82, 2.24) is 9.55 Å². The molecule has 0 saturated heterocycles. The predicted molar refractivity (Wildman–Crippen MR) is 282 cm³/mol. The van der Waals surface area contributed by atoms with E-state index >= 15 is 0 Å². The normalized spacial score (nSPS) is 13.4. The smallest absolute Gasteiger partial charge is 0.137 e. The second-order valence-electron chi connectivity index (χ2n) is 21.6. The van der Waals surface area contributed by atoms with Crippen molar-refractivity contribution in [3.8, 4) is 17.3 Å². The van der Waals surface area contributed by atoms with Crippen molar-refractivity contribution in [3.05, 3.63) is 216 Å². The lowest BCUT2D eigenvalue weighted by Crippen LogP contribution is -2.25. The van der Waals surface area contributed by atoms with Gasteiger partial charge >= 0.3 is 0 Å². The Morgan fingerprint density at radius 3 is 1.60 bits per heavy atom. The quantitative estimate of drug-likeness (QED) is 0.152. The van der Waals surface area contributed by atoms with Crippen LogP contribution in [0.3, 0.4) is 0 Å². The molecule has 0 spiro atoms.